The molecule has 2 saturated carbocycles. The molecule has 2 amide bonds. The minimum absolute atomic E-state index is 0.0563. The number of nitrogens with one attached hydrogen (secondary N) is 1. The fraction of sp³-hybridized carbons (Fsp3) is 0.393. The summed E-state index contributed by atoms with van der Waals surface area (Å²) in [7, 11) is 2.51. The smallest absolute Gasteiger partial charge is 0.326 e. The highest BCUT2D eigenvalue weighted by molar-refractivity contribution is 8.26. The van der Waals surface area contributed by atoms with Crippen LogP contribution in [0.2, 0.25) is 0 Å². The van der Waals surface area contributed by atoms with Crippen molar-refractivity contribution in [3.05, 3.63) is 46.6 Å². The molecule has 1 aliphatic heterocycles. The first kappa shape index (κ1) is 27.9. The lowest BCUT2D eigenvalue weighted by Gasteiger charge is -2.30. The van der Waals surface area contributed by atoms with Crippen molar-refractivity contribution in [2.45, 2.75) is 44.2 Å². The number of carboxylic acids is 1. The Morgan fingerprint density at radius 3 is 2.67 bits per heavy atom. The summed E-state index contributed by atoms with van der Waals surface area (Å²) in [4.78, 5) is 51.7. The number of benzene rings is 1. The zero-order valence-electron chi connectivity index (χ0n) is 21.9. The Hall–Kier alpha value is -3.64. The molecular formula is C28H28N2O8S2. The quantitative estimate of drug-likeness (QED) is 0.252. The molecule has 1 aromatic heterocycles. The average Bonchev–Trinajstić information content (AvgIpc) is 3.73. The monoisotopic (exact) mass is 584 g/mol. The van der Waals surface area contributed by atoms with Gasteiger partial charge in [0.15, 0.2) is 0 Å². The van der Waals surface area contributed by atoms with E-state index in [9.17, 15) is 24.3 Å². The topological polar surface area (TPSA) is 135 Å². The molecule has 2 N–H and O–H groups in total. The summed E-state index contributed by atoms with van der Waals surface area (Å²) >= 11 is 6.85. The first-order valence-electron chi connectivity index (χ1n) is 12.8. The summed E-state index contributed by atoms with van der Waals surface area (Å²) in [5.41, 5.74) is 0.584. The summed E-state index contributed by atoms with van der Waals surface area (Å²) in [5.74, 6) is -0.686. The fourth-order valence-corrected chi connectivity index (χ4v) is 7.09. The summed E-state index contributed by atoms with van der Waals surface area (Å²) in [6.07, 6.45) is 5.72. The van der Waals surface area contributed by atoms with Gasteiger partial charge in [-0.1, -0.05) is 30.4 Å². The highest BCUT2D eigenvalue weighted by Gasteiger charge is 2.48. The van der Waals surface area contributed by atoms with Gasteiger partial charge >= 0.3 is 11.9 Å². The third kappa shape index (κ3) is 5.50. The van der Waals surface area contributed by atoms with E-state index in [1.807, 2.05) is 0 Å². The van der Waals surface area contributed by atoms with Crippen LogP contribution in [0.15, 0.2) is 39.7 Å². The van der Waals surface area contributed by atoms with E-state index in [2.05, 4.69) is 10.1 Å². The molecule has 210 valence electrons. The maximum Gasteiger partial charge on any atom is 0.326 e. The molecule has 12 heteroatoms. The maximum absolute atomic E-state index is 13.3. The van der Waals surface area contributed by atoms with E-state index in [0.29, 0.717) is 38.1 Å². The largest absolute Gasteiger partial charge is 0.496 e. The predicted molar refractivity (Wildman–Crippen MR) is 150 cm³/mol. The zero-order chi connectivity index (χ0) is 28.6. The zero-order valence-corrected chi connectivity index (χ0v) is 23.5. The van der Waals surface area contributed by atoms with Gasteiger partial charge < -0.3 is 24.3 Å². The number of methoxy groups -OCH3 is 2. The second kappa shape index (κ2) is 11.5. The minimum atomic E-state index is -1.48. The van der Waals surface area contributed by atoms with Crippen molar-refractivity contribution in [3.63, 3.8) is 0 Å². The van der Waals surface area contributed by atoms with Gasteiger partial charge in [-0.3, -0.25) is 19.3 Å². The van der Waals surface area contributed by atoms with Crippen LogP contribution < -0.4 is 10.1 Å². The van der Waals surface area contributed by atoms with Crippen molar-refractivity contribution in [1.29, 1.82) is 0 Å². The molecule has 0 spiro atoms. The first-order chi connectivity index (χ1) is 19.2. The molecule has 2 heterocycles. The molecule has 4 unspecified atom stereocenters. The van der Waals surface area contributed by atoms with E-state index < -0.39 is 30.3 Å². The summed E-state index contributed by atoms with van der Waals surface area (Å²) in [6.45, 7) is 0. The second-order valence-corrected chi connectivity index (χ2v) is 11.7. The van der Waals surface area contributed by atoms with Crippen LogP contribution in [-0.2, 0) is 19.1 Å². The standard InChI is InChI=1S/C28H28N2O8S2/c1-36-22-7-5-16(11-18(22)25(32)29-19(27(34)35)13-24(31)37-2)21-8-6-17(38-21)12-23-26(33)30(28(39)40-23)20-10-14-3-4-15(20)9-14/h5-8,11-12,14-15,19-20H,3-4,9-10,13H2,1-2H3,(H,29,32)(H,34,35). The van der Waals surface area contributed by atoms with E-state index in [0.717, 1.165) is 20.0 Å². The van der Waals surface area contributed by atoms with E-state index in [-0.39, 0.29) is 23.3 Å². The predicted octanol–water partition coefficient (Wildman–Crippen LogP) is 4.09. The molecule has 5 rings (SSSR count). The average molecular weight is 585 g/mol. The maximum atomic E-state index is 13.3. The molecule has 3 fully saturated rings. The van der Waals surface area contributed by atoms with Crippen LogP contribution in [-0.4, -0.2) is 64.4 Å². The third-order valence-electron chi connectivity index (χ3n) is 7.69. The van der Waals surface area contributed by atoms with Gasteiger partial charge in [0.2, 0.25) is 0 Å². The Morgan fingerprint density at radius 2 is 2.02 bits per heavy atom. The van der Waals surface area contributed by atoms with E-state index in [1.54, 1.807) is 35.2 Å². The van der Waals surface area contributed by atoms with Crippen molar-refractivity contribution in [2.24, 2.45) is 11.8 Å². The van der Waals surface area contributed by atoms with Gasteiger partial charge in [-0.05, 0) is 61.4 Å². The molecule has 2 aliphatic carbocycles. The van der Waals surface area contributed by atoms with E-state index >= 15 is 0 Å². The van der Waals surface area contributed by atoms with Crippen LogP contribution in [0.3, 0.4) is 0 Å². The minimum Gasteiger partial charge on any atom is -0.496 e. The van der Waals surface area contributed by atoms with Gasteiger partial charge in [-0.15, -0.1) is 0 Å². The number of esters is 1. The Balaban J connectivity index is 1.34. The molecule has 4 atom stereocenters. The van der Waals surface area contributed by atoms with Gasteiger partial charge in [0, 0.05) is 17.7 Å². The molecule has 10 nitrogen and oxygen atoms in total. The van der Waals surface area contributed by atoms with Crippen molar-refractivity contribution in [1.82, 2.24) is 10.2 Å². The number of amides is 2. The normalized spacial score (nSPS) is 23.5. The molecule has 40 heavy (non-hydrogen) atoms. The van der Waals surface area contributed by atoms with E-state index in [4.69, 9.17) is 21.4 Å². The molecular weight excluding hydrogens is 556 g/mol. The Labute approximate surface area is 240 Å². The Morgan fingerprint density at radius 1 is 1.23 bits per heavy atom. The van der Waals surface area contributed by atoms with E-state index in [1.165, 1.54) is 37.8 Å². The number of carbonyl (C=O) groups excluding carboxylic acids is 3. The summed E-state index contributed by atoms with van der Waals surface area (Å²) < 4.78 is 16.4. The molecule has 0 radical (unpaired) electrons. The molecule has 3 aliphatic rings. The van der Waals surface area contributed by atoms with Crippen LogP contribution >= 0.6 is 24.0 Å². The van der Waals surface area contributed by atoms with Crippen molar-refractivity contribution in [2.75, 3.05) is 14.2 Å². The van der Waals surface area contributed by atoms with Crippen molar-refractivity contribution >= 4 is 58.1 Å². The van der Waals surface area contributed by atoms with Crippen molar-refractivity contribution < 1.29 is 38.2 Å². The number of nitrogens with zero attached hydrogens (tertiary/aromatic N) is 1. The molecule has 2 aromatic rings. The number of hydrogen-bond donors (Lipinski definition) is 2. The number of furan rings is 1. The number of ether oxygens (including phenoxy) is 2. The van der Waals surface area contributed by atoms with Crippen LogP contribution in [0, 0.1) is 11.8 Å². The summed E-state index contributed by atoms with van der Waals surface area (Å²) in [5, 5.41) is 11.8. The Kier molecular flexibility index (Phi) is 7.99. The third-order valence-corrected chi connectivity index (χ3v) is 9.02. The number of thiocarbonyl (C=S) groups is 1. The van der Waals surface area contributed by atoms with Crippen LogP contribution in [0.4, 0.5) is 0 Å². The summed E-state index contributed by atoms with van der Waals surface area (Å²) in [6, 6.07) is 6.88. The van der Waals surface area contributed by atoms with Gasteiger partial charge in [0.05, 0.1) is 31.1 Å². The van der Waals surface area contributed by atoms with Gasteiger partial charge in [-0.25, -0.2) is 4.79 Å². The van der Waals surface area contributed by atoms with Crippen LogP contribution in [0.1, 0.15) is 48.2 Å². The van der Waals surface area contributed by atoms with Gasteiger partial charge in [0.25, 0.3) is 11.8 Å². The SMILES string of the molecule is COC(=O)CC(NC(=O)c1cc(-c2ccc(C=C3SC(=S)N(C4CC5CCC4C5)C3=O)o2)ccc1OC)C(=O)O. The first-order valence-corrected chi connectivity index (χ1v) is 14.1. The molecule has 1 saturated heterocycles. The molecule has 1 aromatic carbocycles. The lowest BCUT2D eigenvalue weighted by molar-refractivity contribution is -0.147. The van der Waals surface area contributed by atoms with Crippen molar-refractivity contribution in [3.8, 4) is 17.1 Å². The number of thioether (sulfide) groups is 1. The number of rotatable bonds is 9. The number of hydrogen-bond acceptors (Lipinski definition) is 9. The van der Waals surface area contributed by atoms with Crippen LogP contribution in [0.5, 0.6) is 5.75 Å². The van der Waals surface area contributed by atoms with Gasteiger partial charge in [0.1, 0.15) is 27.6 Å². The van der Waals surface area contributed by atoms with Crippen LogP contribution in [0.25, 0.3) is 17.4 Å². The highest BCUT2D eigenvalue weighted by atomic mass is 32.2. The number of carbonyl (C=O) groups is 4. The lowest BCUT2D eigenvalue weighted by Crippen LogP contribution is -2.42. The lowest BCUT2D eigenvalue weighted by atomic mass is 9.94. The fourth-order valence-electron chi connectivity index (χ4n) is 5.73. The molecule has 2 bridgehead atoms. The second-order valence-electron chi connectivity index (χ2n) is 10.1. The number of aliphatic carboxylic acids is 1. The van der Waals surface area contributed by atoms with Gasteiger partial charge in [-0.2, -0.15) is 0 Å². The highest BCUT2D eigenvalue weighted by Crippen LogP contribution is 2.49. The number of carboxylic acid groups (broad SMARTS) is 1. The number of fused-ring (bicyclic) bond motifs is 2. The Bertz CT molecular complexity index is 1420.